The topological polar surface area (TPSA) is 65.7 Å². The Kier molecular flexibility index (Phi) is 5.63. The largest absolute Gasteiger partial charge is 0.479 e. The average Bonchev–Trinajstić information content (AvgIpc) is 2.92. The minimum Gasteiger partial charge on any atom is -0.479 e. The number of carbonyl (C=O) groups excluding carboxylic acids is 1. The van der Waals surface area contributed by atoms with E-state index in [4.69, 9.17) is 10.00 Å². The Bertz CT molecular complexity index is 972. The molecule has 1 aliphatic rings. The third kappa shape index (κ3) is 4.39. The second kappa shape index (κ2) is 8.11. The molecule has 1 aliphatic heterocycles. The van der Waals surface area contributed by atoms with Gasteiger partial charge in [-0.3, -0.25) is 9.69 Å². The van der Waals surface area contributed by atoms with E-state index in [-0.39, 0.29) is 12.5 Å². The number of rotatable bonds is 4. The number of aryl methyl sites for hydroxylation is 2. The quantitative estimate of drug-likeness (QED) is 0.739. The number of amides is 1. The molecule has 2 aromatic rings. The van der Waals surface area contributed by atoms with Crippen molar-refractivity contribution in [3.05, 3.63) is 64.1 Å². The summed E-state index contributed by atoms with van der Waals surface area (Å²) in [5.41, 5.74) is 4.10. The molecule has 0 spiro atoms. The van der Waals surface area contributed by atoms with Gasteiger partial charge in [0.15, 0.2) is 11.8 Å². The molecule has 2 aromatic carbocycles. The summed E-state index contributed by atoms with van der Waals surface area (Å²) in [6, 6.07) is 15.2. The summed E-state index contributed by atoms with van der Waals surface area (Å²) in [7, 11) is 1.73. The summed E-state index contributed by atoms with van der Waals surface area (Å²) in [5, 5.41) is 9.20. The predicted octanol–water partition coefficient (Wildman–Crippen LogP) is 4.44. The van der Waals surface area contributed by atoms with E-state index in [0.717, 1.165) is 11.3 Å². The summed E-state index contributed by atoms with van der Waals surface area (Å²) in [6.45, 7) is 4.12. The van der Waals surface area contributed by atoms with E-state index in [1.165, 1.54) is 22.9 Å². The molecule has 5 nitrogen and oxygen atoms in total. The van der Waals surface area contributed by atoms with E-state index in [0.29, 0.717) is 15.8 Å². The van der Waals surface area contributed by atoms with E-state index >= 15 is 0 Å². The highest BCUT2D eigenvalue weighted by molar-refractivity contribution is 8.18. The molecular weight excluding hydrogens is 358 g/mol. The fraction of sp³-hybridized carbons (Fsp3) is 0.190. The van der Waals surface area contributed by atoms with Gasteiger partial charge >= 0.3 is 0 Å². The number of nitrogens with zero attached hydrogens (tertiary/aromatic N) is 3. The first-order valence-corrected chi connectivity index (χ1v) is 9.23. The molecule has 1 amide bonds. The zero-order chi connectivity index (χ0) is 19.4. The maximum atomic E-state index is 12.5. The standard InChI is InChI=1S/C21H19N3O2S/c1-14-4-7-17(12-15(14)2)23-21-24(3)20(25)19(27-21)13-16-5-8-18(9-6-16)26-11-10-22/h4-9,12-13H,11H2,1-3H3/b19-13+,23-21?. The van der Waals surface area contributed by atoms with Crippen LogP contribution in [0.5, 0.6) is 5.75 Å². The van der Waals surface area contributed by atoms with Crippen molar-refractivity contribution < 1.29 is 9.53 Å². The number of hydrogen-bond acceptors (Lipinski definition) is 5. The molecule has 3 rings (SSSR count). The van der Waals surface area contributed by atoms with Crippen molar-refractivity contribution >= 4 is 34.6 Å². The molecule has 0 bridgehead atoms. The predicted molar refractivity (Wildman–Crippen MR) is 109 cm³/mol. The number of benzene rings is 2. The highest BCUT2D eigenvalue weighted by Gasteiger charge is 2.30. The minimum atomic E-state index is -0.0765. The van der Waals surface area contributed by atoms with Crippen LogP contribution in [0.25, 0.3) is 6.08 Å². The normalized spacial score (nSPS) is 16.8. The van der Waals surface area contributed by atoms with Crippen molar-refractivity contribution in [2.45, 2.75) is 13.8 Å². The zero-order valence-electron chi connectivity index (χ0n) is 15.4. The van der Waals surface area contributed by atoms with E-state index in [2.05, 4.69) is 11.9 Å². The molecule has 0 radical (unpaired) electrons. The summed E-state index contributed by atoms with van der Waals surface area (Å²) >= 11 is 1.36. The molecule has 0 saturated carbocycles. The van der Waals surface area contributed by atoms with Gasteiger partial charge in [0, 0.05) is 7.05 Å². The summed E-state index contributed by atoms with van der Waals surface area (Å²) < 4.78 is 5.24. The Labute approximate surface area is 163 Å². The first kappa shape index (κ1) is 18.7. The molecule has 0 unspecified atom stereocenters. The Balaban J connectivity index is 1.80. The Morgan fingerprint density at radius 1 is 1.19 bits per heavy atom. The summed E-state index contributed by atoms with van der Waals surface area (Å²) in [5.74, 6) is 0.547. The van der Waals surface area contributed by atoms with Gasteiger partial charge in [0.05, 0.1) is 10.6 Å². The zero-order valence-corrected chi connectivity index (χ0v) is 16.2. The minimum absolute atomic E-state index is 0.0118. The van der Waals surface area contributed by atoms with Crippen molar-refractivity contribution in [1.29, 1.82) is 5.26 Å². The van der Waals surface area contributed by atoms with Gasteiger partial charge in [0.25, 0.3) is 5.91 Å². The van der Waals surface area contributed by atoms with E-state index in [1.54, 1.807) is 24.1 Å². The van der Waals surface area contributed by atoms with Crippen molar-refractivity contribution in [3.63, 3.8) is 0 Å². The molecule has 0 atom stereocenters. The fourth-order valence-corrected chi connectivity index (χ4v) is 3.47. The van der Waals surface area contributed by atoms with Crippen LogP contribution in [-0.4, -0.2) is 29.6 Å². The smallest absolute Gasteiger partial charge is 0.266 e. The third-order valence-electron chi connectivity index (χ3n) is 4.20. The van der Waals surface area contributed by atoms with Crippen molar-refractivity contribution in [2.24, 2.45) is 4.99 Å². The molecule has 1 fully saturated rings. The summed E-state index contributed by atoms with van der Waals surface area (Å²) in [4.78, 5) is 19.3. The molecule has 0 aromatic heterocycles. The van der Waals surface area contributed by atoms with Crippen LogP contribution >= 0.6 is 11.8 Å². The number of aliphatic imine (C=N–C) groups is 1. The van der Waals surface area contributed by atoms with Gasteiger partial charge in [-0.1, -0.05) is 18.2 Å². The molecule has 6 heteroatoms. The second-order valence-electron chi connectivity index (χ2n) is 6.15. The van der Waals surface area contributed by atoms with Gasteiger partial charge in [-0.2, -0.15) is 5.26 Å². The second-order valence-corrected chi connectivity index (χ2v) is 7.16. The molecule has 1 heterocycles. The number of carbonyl (C=O) groups is 1. The average molecular weight is 377 g/mol. The maximum absolute atomic E-state index is 12.5. The monoisotopic (exact) mass is 377 g/mol. The number of likely N-dealkylation sites (N-methyl/N-ethyl adjacent to an activating group) is 1. The summed E-state index contributed by atoms with van der Waals surface area (Å²) in [6.07, 6.45) is 1.83. The van der Waals surface area contributed by atoms with Crippen molar-refractivity contribution in [1.82, 2.24) is 4.90 Å². The highest BCUT2D eigenvalue weighted by atomic mass is 32.2. The highest BCUT2D eigenvalue weighted by Crippen LogP contribution is 2.33. The van der Waals surface area contributed by atoms with Crippen LogP contribution in [0.15, 0.2) is 52.4 Å². The van der Waals surface area contributed by atoms with Gasteiger partial charge in [-0.15, -0.1) is 0 Å². The van der Waals surface area contributed by atoms with Crippen LogP contribution in [0.1, 0.15) is 16.7 Å². The van der Waals surface area contributed by atoms with Crippen molar-refractivity contribution in [2.75, 3.05) is 13.7 Å². The molecule has 0 aliphatic carbocycles. The van der Waals surface area contributed by atoms with Crippen LogP contribution in [0.3, 0.4) is 0 Å². The molecule has 0 N–H and O–H groups in total. The van der Waals surface area contributed by atoms with Gasteiger partial charge in [-0.05, 0) is 72.6 Å². The van der Waals surface area contributed by atoms with Gasteiger partial charge in [-0.25, -0.2) is 4.99 Å². The lowest BCUT2D eigenvalue weighted by Crippen LogP contribution is -2.23. The lowest BCUT2D eigenvalue weighted by Gasteiger charge is -2.08. The SMILES string of the molecule is Cc1ccc(N=C2S/C(=C/c3ccc(OCC#N)cc3)C(=O)N2C)cc1C. The van der Waals surface area contributed by atoms with Crippen LogP contribution in [0.2, 0.25) is 0 Å². The Morgan fingerprint density at radius 3 is 2.59 bits per heavy atom. The lowest BCUT2D eigenvalue weighted by molar-refractivity contribution is -0.121. The molecular formula is C21H19N3O2S. The van der Waals surface area contributed by atoms with E-state index in [9.17, 15) is 4.79 Å². The van der Waals surface area contributed by atoms with Crippen LogP contribution < -0.4 is 4.74 Å². The molecule has 136 valence electrons. The van der Waals surface area contributed by atoms with E-state index < -0.39 is 0 Å². The Hall–Kier alpha value is -3.04. The van der Waals surface area contributed by atoms with Gasteiger partial charge in [0.1, 0.15) is 11.8 Å². The van der Waals surface area contributed by atoms with Crippen molar-refractivity contribution in [3.8, 4) is 11.8 Å². The molecule has 1 saturated heterocycles. The first-order chi connectivity index (χ1) is 13.0. The fourth-order valence-electron chi connectivity index (χ4n) is 2.48. The van der Waals surface area contributed by atoms with Crippen LogP contribution in [-0.2, 0) is 4.79 Å². The molecule has 27 heavy (non-hydrogen) atoms. The van der Waals surface area contributed by atoms with Crippen LogP contribution in [0.4, 0.5) is 5.69 Å². The number of amidine groups is 1. The first-order valence-electron chi connectivity index (χ1n) is 8.41. The number of ether oxygens (including phenoxy) is 1. The maximum Gasteiger partial charge on any atom is 0.266 e. The number of hydrogen-bond donors (Lipinski definition) is 0. The lowest BCUT2D eigenvalue weighted by atomic mass is 10.1. The number of thioether (sulfide) groups is 1. The van der Waals surface area contributed by atoms with E-state index in [1.807, 2.05) is 49.4 Å². The van der Waals surface area contributed by atoms with Crippen LogP contribution in [0, 0.1) is 25.2 Å². The third-order valence-corrected chi connectivity index (χ3v) is 5.26. The van der Waals surface area contributed by atoms with Gasteiger partial charge in [0.2, 0.25) is 0 Å². The Morgan fingerprint density at radius 2 is 1.93 bits per heavy atom. The van der Waals surface area contributed by atoms with Gasteiger partial charge < -0.3 is 4.74 Å². The number of nitriles is 1.